The van der Waals surface area contributed by atoms with E-state index in [0.717, 1.165) is 11.3 Å². The highest BCUT2D eigenvalue weighted by Gasteiger charge is 2.37. The zero-order valence-electron chi connectivity index (χ0n) is 23.3. The fourth-order valence-electron chi connectivity index (χ4n) is 5.81. The highest BCUT2D eigenvalue weighted by molar-refractivity contribution is 7.91. The van der Waals surface area contributed by atoms with Crippen LogP contribution in [-0.2, 0) is 16.4 Å². The number of amides is 2. The molecule has 0 N–H and O–H groups in total. The summed E-state index contributed by atoms with van der Waals surface area (Å²) in [6.45, 7) is 5.51. The van der Waals surface area contributed by atoms with Crippen molar-refractivity contribution in [1.29, 1.82) is 0 Å². The fourth-order valence-corrected chi connectivity index (χ4v) is 7.44. The lowest BCUT2D eigenvalue weighted by Crippen LogP contribution is -2.53. The van der Waals surface area contributed by atoms with Crippen molar-refractivity contribution in [2.24, 2.45) is 0 Å². The Kier molecular flexibility index (Phi) is 7.06. The summed E-state index contributed by atoms with van der Waals surface area (Å²) in [4.78, 5) is 32.7. The third-order valence-electron chi connectivity index (χ3n) is 7.97. The average molecular weight is 584 g/mol. The van der Waals surface area contributed by atoms with Gasteiger partial charge in [0.2, 0.25) is 9.84 Å². The van der Waals surface area contributed by atoms with Crippen molar-refractivity contribution in [3.05, 3.63) is 119 Å². The molecule has 2 aliphatic heterocycles. The van der Waals surface area contributed by atoms with Crippen molar-refractivity contribution < 1.29 is 22.4 Å². The van der Waals surface area contributed by atoms with Gasteiger partial charge < -0.3 is 14.7 Å². The molecule has 1 saturated heterocycles. The van der Waals surface area contributed by atoms with Crippen molar-refractivity contribution in [3.63, 3.8) is 0 Å². The van der Waals surface area contributed by atoms with Gasteiger partial charge in [0.1, 0.15) is 5.82 Å². The minimum Gasteiger partial charge on any atom is -0.365 e. The largest absolute Gasteiger partial charge is 0.365 e. The molecule has 1 atom stereocenters. The maximum Gasteiger partial charge on any atom is 0.259 e. The first-order valence-electron chi connectivity index (χ1n) is 13.8. The molecule has 2 aliphatic rings. The highest BCUT2D eigenvalue weighted by Crippen LogP contribution is 2.38. The second kappa shape index (κ2) is 10.7. The van der Waals surface area contributed by atoms with E-state index in [-0.39, 0.29) is 50.7 Å². The second-order valence-corrected chi connectivity index (χ2v) is 12.7. The summed E-state index contributed by atoms with van der Waals surface area (Å²) in [7, 11) is -4.11. The Labute approximate surface area is 244 Å². The van der Waals surface area contributed by atoms with E-state index in [1.807, 2.05) is 19.1 Å². The summed E-state index contributed by atoms with van der Waals surface area (Å²) in [5.74, 6) is -1.35. The molecule has 9 heteroatoms. The van der Waals surface area contributed by atoms with Crippen molar-refractivity contribution >= 4 is 33.0 Å². The number of aryl methyl sites for hydroxylation is 1. The van der Waals surface area contributed by atoms with Gasteiger partial charge in [-0.3, -0.25) is 9.59 Å². The van der Waals surface area contributed by atoms with Gasteiger partial charge >= 0.3 is 0 Å². The van der Waals surface area contributed by atoms with Crippen LogP contribution in [0.2, 0.25) is 0 Å². The number of nitrogens with zero attached hydrogens (tertiary/aromatic N) is 3. The molecule has 0 spiro atoms. The third-order valence-corrected chi connectivity index (χ3v) is 9.83. The monoisotopic (exact) mass is 583 g/mol. The zero-order valence-corrected chi connectivity index (χ0v) is 24.1. The Morgan fingerprint density at radius 1 is 0.905 bits per heavy atom. The van der Waals surface area contributed by atoms with Gasteiger partial charge in [-0.15, -0.1) is 0 Å². The molecular formula is C33H30FN3O4S. The van der Waals surface area contributed by atoms with Crippen LogP contribution in [0.3, 0.4) is 0 Å². The van der Waals surface area contributed by atoms with Crippen molar-refractivity contribution in [2.45, 2.75) is 36.2 Å². The smallest absolute Gasteiger partial charge is 0.259 e. The molecule has 214 valence electrons. The molecule has 7 nitrogen and oxygen atoms in total. The molecular weight excluding hydrogens is 553 g/mol. The van der Waals surface area contributed by atoms with E-state index in [2.05, 4.69) is 24.0 Å². The van der Waals surface area contributed by atoms with Crippen LogP contribution in [0.4, 0.5) is 15.8 Å². The number of anilines is 2. The van der Waals surface area contributed by atoms with E-state index < -0.39 is 21.6 Å². The standard InChI is InChI=1S/C33H30FN3O4S/c1-22-8-7-10-26(18-22)36-17-16-35(20-23(36)2)32(38)24-14-15-31-29(19-24)37(21-25-9-3-5-12-28(25)34)33(39)27-11-4-6-13-30(27)42(31,40)41/h3-15,18-19,23H,16-17,20-21H2,1-2H3/t23-/m1/s1. The third kappa shape index (κ3) is 4.83. The van der Waals surface area contributed by atoms with Crippen LogP contribution in [-0.4, -0.2) is 50.8 Å². The first-order valence-corrected chi connectivity index (χ1v) is 15.3. The maximum atomic E-state index is 14.7. The minimum absolute atomic E-state index is 0.000916. The van der Waals surface area contributed by atoms with Gasteiger partial charge in [-0.2, -0.15) is 0 Å². The van der Waals surface area contributed by atoms with Crippen LogP contribution in [0, 0.1) is 12.7 Å². The second-order valence-electron chi connectivity index (χ2n) is 10.8. The predicted molar refractivity (Wildman–Crippen MR) is 159 cm³/mol. The number of halogens is 1. The number of hydrogen-bond acceptors (Lipinski definition) is 5. The van der Waals surface area contributed by atoms with E-state index >= 15 is 0 Å². The molecule has 0 saturated carbocycles. The lowest BCUT2D eigenvalue weighted by atomic mass is 10.1. The molecule has 2 amide bonds. The van der Waals surface area contributed by atoms with Gasteiger partial charge in [0, 0.05) is 42.5 Å². The SMILES string of the molecule is Cc1cccc(N2CCN(C(=O)c3ccc4c(c3)N(Cc3ccccc3F)C(=O)c3ccccc3S4(=O)=O)C[C@H]2C)c1. The molecule has 4 aromatic carbocycles. The van der Waals surface area contributed by atoms with Crippen molar-refractivity contribution in [1.82, 2.24) is 4.90 Å². The van der Waals surface area contributed by atoms with Crippen molar-refractivity contribution in [2.75, 3.05) is 29.4 Å². The van der Waals surface area contributed by atoms with Crippen LogP contribution in [0.5, 0.6) is 0 Å². The van der Waals surface area contributed by atoms with E-state index in [1.165, 1.54) is 41.3 Å². The Bertz CT molecular complexity index is 1820. The van der Waals surface area contributed by atoms with Gasteiger partial charge in [0.25, 0.3) is 11.8 Å². The summed E-state index contributed by atoms with van der Waals surface area (Å²) in [5.41, 5.74) is 2.81. The van der Waals surface area contributed by atoms with Crippen molar-refractivity contribution in [3.8, 4) is 0 Å². The summed E-state index contributed by atoms with van der Waals surface area (Å²) in [5, 5.41) is 0. The van der Waals surface area contributed by atoms with Crippen LogP contribution in [0.15, 0.2) is 101 Å². The van der Waals surface area contributed by atoms with Gasteiger partial charge in [0.15, 0.2) is 0 Å². The molecule has 0 aliphatic carbocycles. The summed E-state index contributed by atoms with van der Waals surface area (Å²) < 4.78 is 42.3. The summed E-state index contributed by atoms with van der Waals surface area (Å²) >= 11 is 0. The molecule has 6 rings (SSSR count). The zero-order chi connectivity index (χ0) is 29.6. The number of piperazine rings is 1. The van der Waals surface area contributed by atoms with Gasteiger partial charge in [-0.05, 0) is 67.9 Å². The lowest BCUT2D eigenvalue weighted by molar-refractivity contribution is 0.0726. The van der Waals surface area contributed by atoms with Crippen LogP contribution < -0.4 is 9.80 Å². The molecule has 42 heavy (non-hydrogen) atoms. The molecule has 4 aromatic rings. The molecule has 2 heterocycles. The maximum absolute atomic E-state index is 14.7. The number of carbonyl (C=O) groups is 2. The van der Waals surface area contributed by atoms with E-state index in [4.69, 9.17) is 0 Å². The molecule has 0 aromatic heterocycles. The Hall–Kier alpha value is -4.50. The summed E-state index contributed by atoms with van der Waals surface area (Å²) in [6, 6.07) is 24.7. The molecule has 0 radical (unpaired) electrons. The Balaban J connectivity index is 1.37. The first-order chi connectivity index (χ1) is 20.1. The van der Waals surface area contributed by atoms with Crippen LogP contribution in [0.1, 0.15) is 38.8 Å². The number of hydrogen-bond donors (Lipinski definition) is 0. The lowest BCUT2D eigenvalue weighted by Gasteiger charge is -2.41. The minimum atomic E-state index is -4.11. The Morgan fingerprint density at radius 3 is 2.43 bits per heavy atom. The Morgan fingerprint density at radius 2 is 1.67 bits per heavy atom. The summed E-state index contributed by atoms with van der Waals surface area (Å²) in [6.07, 6.45) is 0. The fraction of sp³-hybridized carbons (Fsp3) is 0.212. The topological polar surface area (TPSA) is 78.0 Å². The van der Waals surface area contributed by atoms with Gasteiger partial charge in [-0.1, -0.05) is 42.5 Å². The number of sulfone groups is 1. The highest BCUT2D eigenvalue weighted by atomic mass is 32.2. The van der Waals surface area contributed by atoms with E-state index in [1.54, 1.807) is 35.2 Å². The van der Waals surface area contributed by atoms with Gasteiger partial charge in [0.05, 0.1) is 27.6 Å². The van der Waals surface area contributed by atoms with Gasteiger partial charge in [-0.25, -0.2) is 12.8 Å². The molecule has 0 unspecified atom stereocenters. The van der Waals surface area contributed by atoms with Crippen LogP contribution >= 0.6 is 0 Å². The van der Waals surface area contributed by atoms with E-state index in [0.29, 0.717) is 19.6 Å². The molecule has 0 bridgehead atoms. The van der Waals surface area contributed by atoms with E-state index in [9.17, 15) is 22.4 Å². The number of benzene rings is 4. The quantitative estimate of drug-likeness (QED) is 0.318. The number of rotatable bonds is 4. The number of fused-ring (bicyclic) bond motifs is 2. The number of carbonyl (C=O) groups excluding carboxylic acids is 2. The normalized spacial score (nSPS) is 17.8. The first kappa shape index (κ1) is 27.7. The molecule has 1 fully saturated rings. The van der Waals surface area contributed by atoms with Crippen LogP contribution in [0.25, 0.3) is 0 Å². The average Bonchev–Trinajstić information content (AvgIpc) is 3.05. The predicted octanol–water partition coefficient (Wildman–Crippen LogP) is 5.48.